The maximum absolute atomic E-state index is 11.3. The summed E-state index contributed by atoms with van der Waals surface area (Å²) in [4.78, 5) is 4.39. The smallest absolute Gasteiger partial charge is 0.211 e. The first-order valence-corrected chi connectivity index (χ1v) is 8.70. The molecule has 1 aromatic carbocycles. The lowest BCUT2D eigenvalue weighted by atomic mass is 10.3. The molecule has 6 nitrogen and oxygen atoms in total. The summed E-state index contributed by atoms with van der Waals surface area (Å²) in [5.41, 5.74) is 1.65. The third-order valence-corrected chi connectivity index (χ3v) is 4.53. The molecule has 0 aliphatic carbocycles. The van der Waals surface area contributed by atoms with Crippen molar-refractivity contribution < 1.29 is 12.8 Å². The molecule has 0 bridgehead atoms. The van der Waals surface area contributed by atoms with Crippen molar-refractivity contribution >= 4 is 21.1 Å². The van der Waals surface area contributed by atoms with Crippen molar-refractivity contribution in [2.24, 2.45) is 0 Å². The third kappa shape index (κ3) is 4.80. The summed E-state index contributed by atoms with van der Waals surface area (Å²) in [7, 11) is -3.13. The predicted octanol–water partition coefficient (Wildman–Crippen LogP) is 1.29. The van der Waals surface area contributed by atoms with Gasteiger partial charge in [-0.15, -0.1) is 0 Å². The summed E-state index contributed by atoms with van der Waals surface area (Å²) < 4.78 is 30.8. The number of fused-ring (bicyclic) bond motifs is 1. The van der Waals surface area contributed by atoms with E-state index in [1.54, 1.807) is 6.92 Å². The van der Waals surface area contributed by atoms with Crippen molar-refractivity contribution in [3.8, 4) is 0 Å². The lowest BCUT2D eigenvalue weighted by Gasteiger charge is -2.13. The van der Waals surface area contributed by atoms with E-state index in [0.717, 1.165) is 11.1 Å². The molecular weight excluding hydrogens is 290 g/mol. The molecule has 7 heteroatoms. The summed E-state index contributed by atoms with van der Waals surface area (Å²) in [6.07, 6.45) is 0.666. The molecule has 0 saturated carbocycles. The fraction of sp³-hybridized carbons (Fsp3) is 0.500. The van der Waals surface area contributed by atoms with Gasteiger partial charge >= 0.3 is 0 Å². The lowest BCUT2D eigenvalue weighted by molar-refractivity contribution is 0.485. The van der Waals surface area contributed by atoms with Crippen molar-refractivity contribution in [2.45, 2.75) is 26.3 Å². The molecule has 0 amide bonds. The van der Waals surface area contributed by atoms with Crippen LogP contribution in [0.1, 0.15) is 19.7 Å². The zero-order valence-corrected chi connectivity index (χ0v) is 13.1. The standard InChI is InChI=1S/C14H21N3O3S/c1-3-21(18,19)16-10-11(2)15-9-8-14-17-12-6-4-5-7-13(12)20-14/h4-7,11,15-16H,3,8-10H2,1-2H3/t11-/m1/s1. The van der Waals surface area contributed by atoms with Crippen LogP contribution in [0.2, 0.25) is 0 Å². The molecule has 0 aliphatic heterocycles. The Morgan fingerprint density at radius 2 is 2.10 bits per heavy atom. The molecule has 0 unspecified atom stereocenters. The SMILES string of the molecule is CCS(=O)(=O)NC[C@@H](C)NCCc1nc2ccccc2o1. The Hall–Kier alpha value is -1.44. The number of oxazole rings is 1. The average Bonchev–Trinajstić information content (AvgIpc) is 2.88. The van der Waals surface area contributed by atoms with Crippen LogP contribution in [-0.4, -0.2) is 38.3 Å². The van der Waals surface area contributed by atoms with E-state index in [0.29, 0.717) is 25.4 Å². The van der Waals surface area contributed by atoms with E-state index in [1.165, 1.54) is 0 Å². The van der Waals surface area contributed by atoms with E-state index in [1.807, 2.05) is 31.2 Å². The van der Waals surface area contributed by atoms with Crippen molar-refractivity contribution in [2.75, 3.05) is 18.8 Å². The van der Waals surface area contributed by atoms with Gasteiger partial charge in [-0.2, -0.15) is 0 Å². The molecule has 116 valence electrons. The van der Waals surface area contributed by atoms with Crippen LogP contribution in [0.15, 0.2) is 28.7 Å². The Bertz CT molecular complexity index is 649. The van der Waals surface area contributed by atoms with E-state index in [-0.39, 0.29) is 11.8 Å². The van der Waals surface area contributed by atoms with E-state index < -0.39 is 10.0 Å². The normalized spacial score (nSPS) is 13.6. The van der Waals surface area contributed by atoms with Crippen LogP contribution in [0.3, 0.4) is 0 Å². The number of hydrogen-bond donors (Lipinski definition) is 2. The second kappa shape index (κ2) is 7.02. The van der Waals surface area contributed by atoms with Gasteiger partial charge in [0.2, 0.25) is 10.0 Å². The van der Waals surface area contributed by atoms with Crippen LogP contribution in [0.5, 0.6) is 0 Å². The zero-order valence-electron chi connectivity index (χ0n) is 12.3. The summed E-state index contributed by atoms with van der Waals surface area (Å²) in [6.45, 7) is 4.61. The number of benzene rings is 1. The summed E-state index contributed by atoms with van der Waals surface area (Å²) in [5.74, 6) is 0.785. The number of nitrogens with zero attached hydrogens (tertiary/aromatic N) is 1. The first kappa shape index (κ1) is 15.9. The van der Waals surface area contributed by atoms with Crippen molar-refractivity contribution in [3.05, 3.63) is 30.2 Å². The van der Waals surface area contributed by atoms with Crippen LogP contribution in [0.25, 0.3) is 11.1 Å². The maximum Gasteiger partial charge on any atom is 0.211 e. The first-order chi connectivity index (χ1) is 10.00. The van der Waals surface area contributed by atoms with Gasteiger partial charge in [-0.25, -0.2) is 18.1 Å². The topological polar surface area (TPSA) is 84.2 Å². The van der Waals surface area contributed by atoms with Gasteiger partial charge in [-0.3, -0.25) is 0 Å². The fourth-order valence-corrected chi connectivity index (χ4v) is 2.59. The number of para-hydroxylation sites is 2. The van der Waals surface area contributed by atoms with E-state index >= 15 is 0 Å². The molecule has 2 rings (SSSR count). The first-order valence-electron chi connectivity index (χ1n) is 7.05. The average molecular weight is 311 g/mol. The third-order valence-electron chi connectivity index (χ3n) is 3.16. The zero-order chi connectivity index (χ0) is 15.3. The van der Waals surface area contributed by atoms with Crippen LogP contribution in [-0.2, 0) is 16.4 Å². The molecule has 2 aromatic rings. The van der Waals surface area contributed by atoms with Crippen LogP contribution in [0.4, 0.5) is 0 Å². The summed E-state index contributed by atoms with van der Waals surface area (Å²) in [5, 5.41) is 3.25. The molecule has 0 spiro atoms. The lowest BCUT2D eigenvalue weighted by Crippen LogP contribution is -2.40. The van der Waals surface area contributed by atoms with E-state index in [2.05, 4.69) is 15.0 Å². The molecule has 21 heavy (non-hydrogen) atoms. The van der Waals surface area contributed by atoms with Gasteiger partial charge in [0.25, 0.3) is 0 Å². The van der Waals surface area contributed by atoms with Gasteiger partial charge in [0.05, 0.1) is 5.75 Å². The van der Waals surface area contributed by atoms with Crippen LogP contribution < -0.4 is 10.0 Å². The second-order valence-corrected chi connectivity index (χ2v) is 7.03. The fourth-order valence-electron chi connectivity index (χ4n) is 1.88. The Labute approximate surface area is 125 Å². The van der Waals surface area contributed by atoms with Crippen LogP contribution >= 0.6 is 0 Å². The number of hydrogen-bond acceptors (Lipinski definition) is 5. The maximum atomic E-state index is 11.3. The Kier molecular flexibility index (Phi) is 5.33. The van der Waals surface area contributed by atoms with E-state index in [9.17, 15) is 8.42 Å². The molecule has 0 aliphatic rings. The van der Waals surface area contributed by atoms with Gasteiger partial charge in [0.15, 0.2) is 11.5 Å². The van der Waals surface area contributed by atoms with Gasteiger partial charge in [0, 0.05) is 25.6 Å². The molecule has 0 saturated heterocycles. The highest BCUT2D eigenvalue weighted by Gasteiger charge is 2.09. The quantitative estimate of drug-likeness (QED) is 0.767. The number of rotatable bonds is 8. The molecule has 1 heterocycles. The van der Waals surface area contributed by atoms with Gasteiger partial charge in [-0.05, 0) is 26.0 Å². The van der Waals surface area contributed by atoms with Crippen molar-refractivity contribution in [1.82, 2.24) is 15.0 Å². The number of aromatic nitrogens is 1. The Morgan fingerprint density at radius 3 is 2.81 bits per heavy atom. The highest BCUT2D eigenvalue weighted by atomic mass is 32.2. The minimum atomic E-state index is -3.13. The van der Waals surface area contributed by atoms with Gasteiger partial charge in [-0.1, -0.05) is 12.1 Å². The van der Waals surface area contributed by atoms with Gasteiger partial charge in [0.1, 0.15) is 5.52 Å². The molecule has 0 fully saturated rings. The molecule has 0 radical (unpaired) electrons. The summed E-state index contributed by atoms with van der Waals surface area (Å²) in [6, 6.07) is 7.70. The minimum Gasteiger partial charge on any atom is -0.441 e. The largest absolute Gasteiger partial charge is 0.441 e. The summed E-state index contributed by atoms with van der Waals surface area (Å²) >= 11 is 0. The van der Waals surface area contributed by atoms with Crippen LogP contribution in [0, 0.1) is 0 Å². The van der Waals surface area contributed by atoms with E-state index in [4.69, 9.17) is 4.42 Å². The highest BCUT2D eigenvalue weighted by Crippen LogP contribution is 2.14. The highest BCUT2D eigenvalue weighted by molar-refractivity contribution is 7.89. The van der Waals surface area contributed by atoms with Crippen molar-refractivity contribution in [3.63, 3.8) is 0 Å². The molecule has 2 N–H and O–H groups in total. The molecular formula is C14H21N3O3S. The van der Waals surface area contributed by atoms with Crippen molar-refractivity contribution in [1.29, 1.82) is 0 Å². The predicted molar refractivity (Wildman–Crippen MR) is 82.6 cm³/mol. The molecule has 1 atom stereocenters. The Balaban J connectivity index is 1.76. The number of sulfonamides is 1. The molecule has 1 aromatic heterocycles. The Morgan fingerprint density at radius 1 is 1.33 bits per heavy atom. The monoisotopic (exact) mass is 311 g/mol. The van der Waals surface area contributed by atoms with Gasteiger partial charge < -0.3 is 9.73 Å². The minimum absolute atomic E-state index is 0.0516. The second-order valence-electron chi connectivity index (χ2n) is 4.93. The number of nitrogens with one attached hydrogen (secondary N) is 2.